The Kier molecular flexibility index (Phi) is 11.4. The van der Waals surface area contributed by atoms with Crippen molar-refractivity contribution in [1.82, 2.24) is 0 Å². The maximum absolute atomic E-state index is 2.39. The average molecular weight is 787 g/mol. The summed E-state index contributed by atoms with van der Waals surface area (Å²) < 4.78 is 0. The van der Waals surface area contributed by atoms with Crippen LogP contribution in [0.2, 0.25) is 0 Å². The maximum atomic E-state index is 2.39. The van der Waals surface area contributed by atoms with E-state index in [0.717, 1.165) is 0 Å². The molecule has 10 aromatic carbocycles. The third-order valence-electron chi connectivity index (χ3n) is 12.4. The predicted octanol–water partition coefficient (Wildman–Crippen LogP) is 18.5. The molecular formula is C61H54. The second-order valence-corrected chi connectivity index (χ2v) is 16.5. The van der Waals surface area contributed by atoms with Crippen LogP contribution < -0.4 is 0 Å². The Morgan fingerprint density at radius 2 is 0.689 bits per heavy atom. The first-order valence-electron chi connectivity index (χ1n) is 22.3. The number of rotatable bonds is 6. The van der Waals surface area contributed by atoms with Crippen molar-refractivity contribution >= 4 is 43.1 Å². The molecule has 0 aromatic heterocycles. The van der Waals surface area contributed by atoms with Gasteiger partial charge in [-0.25, -0.2) is 0 Å². The molecule has 0 saturated carbocycles. The fourth-order valence-electron chi connectivity index (χ4n) is 9.00. The number of benzene rings is 10. The molecule has 11 rings (SSSR count). The molecule has 0 fully saturated rings. The highest BCUT2D eigenvalue weighted by molar-refractivity contribution is 6.28. The number of unbranched alkanes of at least 4 members (excludes halogenated alkanes) is 2. The van der Waals surface area contributed by atoms with E-state index in [4.69, 9.17) is 0 Å². The van der Waals surface area contributed by atoms with Gasteiger partial charge in [-0.15, -0.1) is 0 Å². The van der Waals surface area contributed by atoms with Gasteiger partial charge in [-0.2, -0.15) is 0 Å². The molecule has 298 valence electrons. The fraction of sp³-hybridized carbons (Fsp3) is 0.148. The summed E-state index contributed by atoms with van der Waals surface area (Å²) in [6.07, 6.45) is 5.28. The molecule has 0 heteroatoms. The topological polar surface area (TPSA) is 0 Å². The van der Waals surface area contributed by atoms with Crippen LogP contribution in [-0.4, -0.2) is 0 Å². The van der Waals surface area contributed by atoms with E-state index in [9.17, 15) is 0 Å². The van der Waals surface area contributed by atoms with Gasteiger partial charge in [0.05, 0.1) is 0 Å². The quantitative estimate of drug-likeness (QED) is 0.157. The standard InChI is InChI=1S/C53H34.2C4H10/c1-33-19-20-37-30-38(22-21-36(37)29-33)39-23-24-41-32-42(26-25-40(41)31-39)43-27-28-48-51-44(43)17-10-18-47(51)52-49(34-11-4-2-5-12-34)45-15-8-9-16-46(45)50(53(48)52)35-13-6-3-7-14-35;2*1-3-4-2/h2-32H,1H3;2*3-4H2,1-2H3. The molecule has 0 unspecified atom stereocenters. The summed E-state index contributed by atoms with van der Waals surface area (Å²) in [5, 5.41) is 10.3. The van der Waals surface area contributed by atoms with Gasteiger partial charge in [0.15, 0.2) is 0 Å². The average Bonchev–Trinajstić information content (AvgIpc) is 3.65. The van der Waals surface area contributed by atoms with E-state index in [1.165, 1.54) is 141 Å². The van der Waals surface area contributed by atoms with E-state index in [-0.39, 0.29) is 0 Å². The summed E-state index contributed by atoms with van der Waals surface area (Å²) in [5.41, 5.74) is 16.7. The minimum atomic E-state index is 1.24. The van der Waals surface area contributed by atoms with Crippen LogP contribution in [-0.2, 0) is 0 Å². The molecule has 0 amide bonds. The molecule has 0 atom stereocenters. The van der Waals surface area contributed by atoms with E-state index >= 15 is 0 Å². The monoisotopic (exact) mass is 786 g/mol. The van der Waals surface area contributed by atoms with Crippen LogP contribution >= 0.6 is 0 Å². The van der Waals surface area contributed by atoms with Crippen LogP contribution in [0.5, 0.6) is 0 Å². The Morgan fingerprint density at radius 3 is 1.21 bits per heavy atom. The van der Waals surface area contributed by atoms with Gasteiger partial charge >= 0.3 is 0 Å². The fourth-order valence-corrected chi connectivity index (χ4v) is 9.00. The second-order valence-electron chi connectivity index (χ2n) is 16.5. The molecule has 0 saturated heterocycles. The van der Waals surface area contributed by atoms with Gasteiger partial charge in [-0.1, -0.05) is 229 Å². The molecule has 0 spiro atoms. The number of hydrogen-bond acceptors (Lipinski definition) is 0. The van der Waals surface area contributed by atoms with Crippen LogP contribution in [0.1, 0.15) is 58.9 Å². The van der Waals surface area contributed by atoms with Gasteiger partial charge in [0.25, 0.3) is 0 Å². The third-order valence-corrected chi connectivity index (χ3v) is 12.4. The van der Waals surface area contributed by atoms with Crippen molar-refractivity contribution in [3.63, 3.8) is 0 Å². The first-order chi connectivity index (χ1) is 30.0. The van der Waals surface area contributed by atoms with Crippen LogP contribution in [0.3, 0.4) is 0 Å². The Morgan fingerprint density at radius 1 is 0.279 bits per heavy atom. The van der Waals surface area contributed by atoms with Gasteiger partial charge in [0.1, 0.15) is 0 Å². The highest BCUT2D eigenvalue weighted by Crippen LogP contribution is 2.58. The number of aryl methyl sites for hydroxylation is 1. The van der Waals surface area contributed by atoms with Gasteiger partial charge in [-0.3, -0.25) is 0 Å². The molecular weight excluding hydrogens is 733 g/mol. The molecule has 0 radical (unpaired) electrons. The van der Waals surface area contributed by atoms with E-state index in [1.54, 1.807) is 0 Å². The smallest absolute Gasteiger partial charge is 0.000741 e. The van der Waals surface area contributed by atoms with Crippen molar-refractivity contribution in [2.24, 2.45) is 0 Å². The second kappa shape index (κ2) is 17.5. The molecule has 10 aromatic rings. The van der Waals surface area contributed by atoms with Gasteiger partial charge in [0, 0.05) is 0 Å². The lowest BCUT2D eigenvalue weighted by Crippen LogP contribution is -1.93. The number of hydrogen-bond donors (Lipinski definition) is 0. The van der Waals surface area contributed by atoms with Crippen molar-refractivity contribution < 1.29 is 0 Å². The van der Waals surface area contributed by atoms with Crippen molar-refractivity contribution in [3.05, 3.63) is 194 Å². The highest BCUT2D eigenvalue weighted by Gasteiger charge is 2.31. The molecule has 1 aliphatic rings. The lowest BCUT2D eigenvalue weighted by atomic mass is 9.82. The van der Waals surface area contributed by atoms with Crippen LogP contribution in [0.15, 0.2) is 188 Å². The summed E-state index contributed by atoms with van der Waals surface area (Å²) in [5.74, 6) is 0. The summed E-state index contributed by atoms with van der Waals surface area (Å²) in [6, 6.07) is 69.9. The van der Waals surface area contributed by atoms with Gasteiger partial charge < -0.3 is 0 Å². The first-order valence-corrected chi connectivity index (χ1v) is 22.3. The van der Waals surface area contributed by atoms with Crippen molar-refractivity contribution in [1.29, 1.82) is 0 Å². The molecule has 0 nitrogen and oxygen atoms in total. The molecule has 61 heavy (non-hydrogen) atoms. The Balaban J connectivity index is 0.000000551. The highest BCUT2D eigenvalue weighted by atomic mass is 14.3. The zero-order valence-electron chi connectivity index (χ0n) is 36.2. The van der Waals surface area contributed by atoms with E-state index in [0.29, 0.717) is 0 Å². The zero-order valence-corrected chi connectivity index (χ0v) is 36.2. The van der Waals surface area contributed by atoms with Crippen LogP contribution in [0, 0.1) is 6.92 Å². The van der Waals surface area contributed by atoms with Gasteiger partial charge in [0.2, 0.25) is 0 Å². The molecule has 1 aliphatic carbocycles. The Labute approximate surface area is 362 Å². The van der Waals surface area contributed by atoms with Crippen molar-refractivity contribution in [3.8, 4) is 66.8 Å². The first kappa shape index (κ1) is 39.7. The van der Waals surface area contributed by atoms with Crippen molar-refractivity contribution in [2.45, 2.75) is 60.3 Å². The third kappa shape index (κ3) is 7.42. The van der Waals surface area contributed by atoms with E-state index in [1.807, 2.05) is 0 Å². The Bertz CT molecular complexity index is 3070. The molecule has 0 bridgehead atoms. The van der Waals surface area contributed by atoms with E-state index in [2.05, 4.69) is 223 Å². The predicted molar refractivity (Wildman–Crippen MR) is 269 cm³/mol. The normalized spacial score (nSPS) is 11.3. The van der Waals surface area contributed by atoms with Crippen LogP contribution in [0.25, 0.3) is 110 Å². The number of fused-ring (bicyclic) bond motifs is 6. The summed E-state index contributed by atoms with van der Waals surface area (Å²) in [7, 11) is 0. The summed E-state index contributed by atoms with van der Waals surface area (Å²) in [4.78, 5) is 0. The zero-order chi connectivity index (χ0) is 41.9. The lowest BCUT2D eigenvalue weighted by Gasteiger charge is -2.20. The molecule has 0 aliphatic heterocycles. The molecule has 0 heterocycles. The largest absolute Gasteiger partial charge is 0.0654 e. The Hall–Kier alpha value is -6.76. The SMILES string of the molecule is CCCC.CCCC.Cc1ccc2cc(-c3ccc4cc(-c5ccc6c7c(cccc57)-c5c-6c(-c6ccccc6)c6ccccc6c5-c5ccccc5)ccc4c3)ccc2c1. The van der Waals surface area contributed by atoms with Gasteiger partial charge in [-0.05, 0) is 135 Å². The minimum Gasteiger partial charge on any atom is -0.0654 e. The van der Waals surface area contributed by atoms with Crippen molar-refractivity contribution in [2.75, 3.05) is 0 Å². The summed E-state index contributed by atoms with van der Waals surface area (Å²) >= 11 is 0. The van der Waals surface area contributed by atoms with Crippen LogP contribution in [0.4, 0.5) is 0 Å². The molecule has 0 N–H and O–H groups in total. The maximum Gasteiger partial charge on any atom is -0.000741 e. The summed E-state index contributed by atoms with van der Waals surface area (Å²) in [6.45, 7) is 10.9. The lowest BCUT2D eigenvalue weighted by molar-refractivity contribution is 0.886. The van der Waals surface area contributed by atoms with E-state index < -0.39 is 0 Å². The minimum absolute atomic E-state index is 1.24.